The quantitative estimate of drug-likeness (QED) is 0.365. The number of carbonyl (C=O) groups is 4. The molecule has 3 heterocycles. The fourth-order valence-electron chi connectivity index (χ4n) is 2.73. The number of thioether (sulfide) groups is 2. The van der Waals surface area contributed by atoms with Crippen molar-refractivity contribution in [2.45, 2.75) is 36.0 Å². The van der Waals surface area contributed by atoms with E-state index < -0.39 is 29.2 Å². The van der Waals surface area contributed by atoms with Gasteiger partial charge in [0.1, 0.15) is 27.9 Å². The molecule has 2 N–H and O–H groups in total. The molecule has 1 saturated heterocycles. The summed E-state index contributed by atoms with van der Waals surface area (Å²) in [5.41, 5.74) is 0.595. The zero-order valence-corrected chi connectivity index (χ0v) is 16.9. The monoisotopic (exact) mass is 428 g/mol. The number of amides is 2. The summed E-state index contributed by atoms with van der Waals surface area (Å²) in [5, 5.41) is 20.4. The number of rotatable bonds is 7. The normalized spacial score (nSPS) is 21.6. The van der Waals surface area contributed by atoms with Gasteiger partial charge < -0.3 is 10.4 Å². The minimum absolute atomic E-state index is 0.0328. The third-order valence-corrected chi connectivity index (χ3v) is 7.25. The summed E-state index contributed by atoms with van der Waals surface area (Å²) in [6.07, 6.45) is -0.300. The van der Waals surface area contributed by atoms with Gasteiger partial charge in [0.25, 0.3) is 5.91 Å². The molecule has 2 aliphatic heterocycles. The molecule has 3 rings (SSSR count). The van der Waals surface area contributed by atoms with Crippen LogP contribution in [-0.4, -0.2) is 66.7 Å². The van der Waals surface area contributed by atoms with Gasteiger partial charge in [0.2, 0.25) is 5.91 Å². The molecule has 9 nitrogen and oxygen atoms in total. The van der Waals surface area contributed by atoms with Crippen molar-refractivity contribution in [2.75, 3.05) is 11.5 Å². The SMILES string of the molecule is CC(=O)CC(=O)NC1C(=O)N2C(C(=O)O)=C(CSc3nnc(C)s3)CS[C@@H]12. The Morgan fingerprint density at radius 1 is 1.37 bits per heavy atom. The fourth-order valence-corrected chi connectivity index (χ4v) is 6.03. The van der Waals surface area contributed by atoms with E-state index in [9.17, 15) is 24.3 Å². The lowest BCUT2D eigenvalue weighted by Crippen LogP contribution is -2.70. The standard InChI is InChI=1S/C15H16N4O5S3/c1-6(20)3-9(21)16-10-12(22)19-11(14(23)24)8(4-25-13(10)19)5-26-15-18-17-7(2)27-15/h10,13H,3-5H2,1-2H3,(H,16,21)(H,23,24)/t10?,13-/m0/s1. The van der Waals surface area contributed by atoms with E-state index in [1.54, 1.807) is 0 Å². The van der Waals surface area contributed by atoms with E-state index in [4.69, 9.17) is 0 Å². The van der Waals surface area contributed by atoms with E-state index in [2.05, 4.69) is 15.5 Å². The summed E-state index contributed by atoms with van der Waals surface area (Å²) in [6, 6.07) is -0.809. The second-order valence-corrected chi connectivity index (χ2v) is 9.48. The Bertz CT molecular complexity index is 852. The highest BCUT2D eigenvalue weighted by Crippen LogP contribution is 2.41. The van der Waals surface area contributed by atoms with Crippen LogP contribution in [0.25, 0.3) is 0 Å². The lowest BCUT2D eigenvalue weighted by molar-refractivity contribution is -0.150. The summed E-state index contributed by atoms with van der Waals surface area (Å²) in [7, 11) is 0. The van der Waals surface area contributed by atoms with Gasteiger partial charge in [-0.3, -0.25) is 19.3 Å². The summed E-state index contributed by atoms with van der Waals surface area (Å²) >= 11 is 4.20. The van der Waals surface area contributed by atoms with E-state index in [1.807, 2.05) is 6.92 Å². The highest BCUT2D eigenvalue weighted by molar-refractivity contribution is 8.01. The number of carboxylic acid groups (broad SMARTS) is 1. The number of nitrogens with zero attached hydrogens (tertiary/aromatic N) is 3. The number of hydrogen-bond donors (Lipinski definition) is 2. The Balaban J connectivity index is 1.72. The van der Waals surface area contributed by atoms with Gasteiger partial charge in [0.15, 0.2) is 4.34 Å². The molecule has 0 aromatic carbocycles. The van der Waals surface area contributed by atoms with Crippen LogP contribution in [0, 0.1) is 6.92 Å². The molecule has 2 amide bonds. The van der Waals surface area contributed by atoms with Crippen LogP contribution in [0.15, 0.2) is 15.6 Å². The molecular weight excluding hydrogens is 412 g/mol. The molecule has 12 heteroatoms. The van der Waals surface area contributed by atoms with Crippen molar-refractivity contribution in [2.24, 2.45) is 0 Å². The van der Waals surface area contributed by atoms with Gasteiger partial charge in [-0.25, -0.2) is 4.79 Å². The van der Waals surface area contributed by atoms with Crippen molar-refractivity contribution < 1.29 is 24.3 Å². The van der Waals surface area contributed by atoms with Crippen molar-refractivity contribution >= 4 is 58.4 Å². The van der Waals surface area contributed by atoms with E-state index in [0.717, 1.165) is 9.35 Å². The Kier molecular flexibility index (Phi) is 5.86. The number of ketones is 1. The van der Waals surface area contributed by atoms with Gasteiger partial charge in [-0.05, 0) is 19.4 Å². The minimum atomic E-state index is -1.17. The third kappa shape index (κ3) is 4.17. The molecule has 2 aliphatic rings. The summed E-state index contributed by atoms with van der Waals surface area (Å²) in [4.78, 5) is 48.2. The number of Topliss-reactive ketones (excluding diaryl/α,β-unsaturated/α-hetero) is 1. The largest absolute Gasteiger partial charge is 0.477 e. The van der Waals surface area contributed by atoms with Gasteiger partial charge in [-0.2, -0.15) is 0 Å². The molecule has 27 heavy (non-hydrogen) atoms. The average Bonchev–Trinajstić information content (AvgIpc) is 3.01. The first-order chi connectivity index (χ1) is 12.8. The Morgan fingerprint density at radius 3 is 2.70 bits per heavy atom. The number of aryl methyl sites for hydroxylation is 1. The number of fused-ring (bicyclic) bond motifs is 1. The van der Waals surface area contributed by atoms with Crippen molar-refractivity contribution in [3.8, 4) is 0 Å². The summed E-state index contributed by atoms with van der Waals surface area (Å²) in [5.74, 6) is -1.66. The van der Waals surface area contributed by atoms with Crippen LogP contribution >= 0.6 is 34.9 Å². The predicted molar refractivity (Wildman–Crippen MR) is 100 cm³/mol. The number of hydrogen-bond acceptors (Lipinski definition) is 9. The van der Waals surface area contributed by atoms with E-state index in [-0.39, 0.29) is 17.9 Å². The second-order valence-electron chi connectivity index (χ2n) is 5.97. The average molecular weight is 429 g/mol. The zero-order chi connectivity index (χ0) is 19.7. The molecule has 0 spiro atoms. The summed E-state index contributed by atoms with van der Waals surface area (Å²) in [6.45, 7) is 3.13. The molecule has 0 bridgehead atoms. The minimum Gasteiger partial charge on any atom is -0.477 e. The molecule has 0 saturated carbocycles. The Morgan fingerprint density at radius 2 is 2.11 bits per heavy atom. The van der Waals surface area contributed by atoms with Gasteiger partial charge in [-0.15, -0.1) is 22.0 Å². The molecule has 1 fully saturated rings. The lowest BCUT2D eigenvalue weighted by Gasteiger charge is -2.49. The van der Waals surface area contributed by atoms with Crippen LogP contribution in [0.2, 0.25) is 0 Å². The number of carboxylic acids is 1. The highest BCUT2D eigenvalue weighted by atomic mass is 32.2. The number of aliphatic carboxylic acids is 1. The molecule has 1 aromatic rings. The van der Waals surface area contributed by atoms with Gasteiger partial charge in [0.05, 0.1) is 6.42 Å². The lowest BCUT2D eigenvalue weighted by atomic mass is 10.0. The van der Waals surface area contributed by atoms with Crippen molar-refractivity contribution in [1.29, 1.82) is 0 Å². The van der Waals surface area contributed by atoms with Crippen LogP contribution < -0.4 is 5.32 Å². The first kappa shape index (κ1) is 19.8. The van der Waals surface area contributed by atoms with Gasteiger partial charge >= 0.3 is 5.97 Å². The maximum atomic E-state index is 12.4. The van der Waals surface area contributed by atoms with E-state index >= 15 is 0 Å². The van der Waals surface area contributed by atoms with E-state index in [1.165, 1.54) is 46.7 Å². The first-order valence-corrected chi connectivity index (χ1v) is 10.7. The first-order valence-electron chi connectivity index (χ1n) is 7.89. The van der Waals surface area contributed by atoms with Crippen LogP contribution in [0.4, 0.5) is 0 Å². The molecule has 0 radical (unpaired) electrons. The number of carbonyl (C=O) groups excluding carboxylic acids is 3. The topological polar surface area (TPSA) is 130 Å². The number of nitrogens with one attached hydrogen (secondary N) is 1. The van der Waals surface area contributed by atoms with Gasteiger partial charge in [-0.1, -0.05) is 23.1 Å². The van der Waals surface area contributed by atoms with Crippen LogP contribution in [0.5, 0.6) is 0 Å². The third-order valence-electron chi connectivity index (χ3n) is 3.85. The van der Waals surface area contributed by atoms with Crippen LogP contribution in [0.3, 0.4) is 0 Å². The second kappa shape index (κ2) is 7.98. The molecule has 144 valence electrons. The molecular formula is C15H16N4O5S3. The predicted octanol–water partition coefficient (Wildman–Crippen LogP) is 0.656. The van der Waals surface area contributed by atoms with E-state index in [0.29, 0.717) is 17.1 Å². The zero-order valence-electron chi connectivity index (χ0n) is 14.4. The number of β-lactam (4-membered cyclic amide) rings is 1. The Labute approximate surface area is 167 Å². The maximum Gasteiger partial charge on any atom is 0.352 e. The molecule has 1 aromatic heterocycles. The van der Waals surface area contributed by atoms with Crippen LogP contribution in [-0.2, 0) is 19.2 Å². The molecule has 2 atom stereocenters. The summed E-state index contributed by atoms with van der Waals surface area (Å²) < 4.78 is 0.737. The molecule has 0 aliphatic carbocycles. The van der Waals surface area contributed by atoms with Crippen molar-refractivity contribution in [3.05, 3.63) is 16.3 Å². The number of aromatic nitrogens is 2. The van der Waals surface area contributed by atoms with Gasteiger partial charge in [0, 0.05) is 11.5 Å². The smallest absolute Gasteiger partial charge is 0.352 e. The van der Waals surface area contributed by atoms with Crippen molar-refractivity contribution in [3.63, 3.8) is 0 Å². The Hall–Kier alpha value is -1.92. The fraction of sp³-hybridized carbons (Fsp3) is 0.467. The molecule has 1 unspecified atom stereocenters. The highest BCUT2D eigenvalue weighted by Gasteiger charge is 2.54. The van der Waals surface area contributed by atoms with Crippen LogP contribution in [0.1, 0.15) is 18.4 Å². The maximum absolute atomic E-state index is 12.4. The van der Waals surface area contributed by atoms with Crippen molar-refractivity contribution in [1.82, 2.24) is 20.4 Å².